The van der Waals surface area contributed by atoms with Crippen molar-refractivity contribution in [2.45, 2.75) is 0 Å². The predicted octanol–water partition coefficient (Wildman–Crippen LogP) is 0.696. The molecule has 18 heavy (non-hydrogen) atoms. The Morgan fingerprint density at radius 3 is 2.78 bits per heavy atom. The molecule has 0 spiro atoms. The molecule has 0 radical (unpaired) electrons. The summed E-state index contributed by atoms with van der Waals surface area (Å²) in [6.45, 7) is 0. The average Bonchev–Trinajstić information content (AvgIpc) is 2.82. The maximum atomic E-state index is 11.2. The zero-order valence-corrected chi connectivity index (χ0v) is 9.49. The molecule has 0 aliphatic rings. The first-order chi connectivity index (χ1) is 8.62. The Labute approximate surface area is 101 Å². The van der Waals surface area contributed by atoms with Crippen LogP contribution in [-0.4, -0.2) is 24.7 Å². The Hall–Kier alpha value is -2.51. The van der Waals surface area contributed by atoms with E-state index in [0.717, 1.165) is 12.5 Å². The van der Waals surface area contributed by atoms with E-state index in [9.17, 15) is 13.2 Å². The monoisotopic (exact) mass is 267 g/mol. The van der Waals surface area contributed by atoms with Crippen LogP contribution in [0.2, 0.25) is 0 Å². The molecule has 0 atom stereocenters. The fourth-order valence-electron chi connectivity index (χ4n) is 1.18. The first kappa shape index (κ1) is 12.0. The third-order valence-corrected chi connectivity index (χ3v) is 2.51. The minimum absolute atomic E-state index is 0.0795. The molecule has 8 nitrogen and oxygen atoms in total. The highest BCUT2D eigenvalue weighted by molar-refractivity contribution is 7.85. The van der Waals surface area contributed by atoms with E-state index in [-0.39, 0.29) is 17.2 Å². The molecule has 2 rings (SSSR count). The van der Waals surface area contributed by atoms with Crippen molar-refractivity contribution in [3.8, 4) is 17.2 Å². The normalized spacial score (nSPS) is 10.7. The number of aromatic nitrogens is 2. The molecule has 1 aromatic carbocycles. The van der Waals surface area contributed by atoms with Crippen LogP contribution in [-0.2, 0) is 15.1 Å². The number of hydrogen-bond acceptors (Lipinski definition) is 7. The van der Waals surface area contributed by atoms with Gasteiger partial charge in [-0.25, -0.2) is 4.79 Å². The van der Waals surface area contributed by atoms with E-state index in [1.165, 1.54) is 18.2 Å². The average molecular weight is 267 g/mol. The van der Waals surface area contributed by atoms with Gasteiger partial charge in [-0.15, -0.1) is 10.2 Å². The molecule has 0 saturated heterocycles. The lowest BCUT2D eigenvalue weighted by Gasteiger charge is -2.04. The number of rotatable bonds is 4. The molecule has 0 saturated carbocycles. The van der Waals surface area contributed by atoms with Gasteiger partial charge in [0, 0.05) is 0 Å². The second kappa shape index (κ2) is 4.78. The lowest BCUT2D eigenvalue weighted by Crippen LogP contribution is -2.06. The second-order valence-electron chi connectivity index (χ2n) is 2.93. The van der Waals surface area contributed by atoms with Gasteiger partial charge >= 0.3 is 10.3 Å². The zero-order valence-electron chi connectivity index (χ0n) is 8.68. The SMILES string of the molecule is O=C=NS(=O)(=O)Oc1ccccc1-c1nnco1. The smallest absolute Gasteiger partial charge is 0.423 e. The van der Waals surface area contributed by atoms with Crippen molar-refractivity contribution in [3.63, 3.8) is 0 Å². The minimum atomic E-state index is -4.39. The molecule has 0 fully saturated rings. The molecule has 0 unspecified atom stereocenters. The van der Waals surface area contributed by atoms with Gasteiger partial charge in [0.05, 0.1) is 5.56 Å². The highest BCUT2D eigenvalue weighted by Gasteiger charge is 2.17. The van der Waals surface area contributed by atoms with Gasteiger partial charge < -0.3 is 8.60 Å². The van der Waals surface area contributed by atoms with Crippen LogP contribution >= 0.6 is 0 Å². The number of benzene rings is 1. The van der Waals surface area contributed by atoms with E-state index in [4.69, 9.17) is 4.42 Å². The Morgan fingerprint density at radius 2 is 2.11 bits per heavy atom. The van der Waals surface area contributed by atoms with Crippen LogP contribution in [0.5, 0.6) is 5.75 Å². The number of isocyanates is 1. The van der Waals surface area contributed by atoms with Gasteiger partial charge in [-0.05, 0) is 16.5 Å². The number of nitrogens with zero attached hydrogens (tertiary/aromatic N) is 3. The maximum absolute atomic E-state index is 11.2. The molecule has 92 valence electrons. The van der Waals surface area contributed by atoms with Crippen molar-refractivity contribution in [1.29, 1.82) is 0 Å². The largest absolute Gasteiger partial charge is 0.439 e. The van der Waals surface area contributed by atoms with Crippen LogP contribution in [0.15, 0.2) is 39.5 Å². The van der Waals surface area contributed by atoms with Crippen LogP contribution in [0.25, 0.3) is 11.5 Å². The van der Waals surface area contributed by atoms with E-state index in [1.54, 1.807) is 6.07 Å². The van der Waals surface area contributed by atoms with Gasteiger partial charge in [0.1, 0.15) is 0 Å². The van der Waals surface area contributed by atoms with Crippen LogP contribution in [0.3, 0.4) is 0 Å². The molecule has 0 bridgehead atoms. The van der Waals surface area contributed by atoms with Crippen molar-refractivity contribution >= 4 is 16.4 Å². The molecular weight excluding hydrogens is 262 g/mol. The predicted molar refractivity (Wildman–Crippen MR) is 57.4 cm³/mol. The van der Waals surface area contributed by atoms with Crippen molar-refractivity contribution in [1.82, 2.24) is 10.2 Å². The topological polar surface area (TPSA) is 112 Å². The highest BCUT2D eigenvalue weighted by Crippen LogP contribution is 2.29. The molecule has 0 amide bonds. The summed E-state index contributed by atoms with van der Waals surface area (Å²) in [5.41, 5.74) is 0.264. The van der Waals surface area contributed by atoms with Crippen molar-refractivity contribution in [2.24, 2.45) is 4.40 Å². The standard InChI is InChI=1S/C9H5N3O5S/c13-5-11-18(14,15)17-8-4-2-1-3-7(8)9-12-10-6-16-9/h1-4,6H. The lowest BCUT2D eigenvalue weighted by atomic mass is 10.2. The van der Waals surface area contributed by atoms with E-state index in [2.05, 4.69) is 18.8 Å². The fraction of sp³-hybridized carbons (Fsp3) is 0. The van der Waals surface area contributed by atoms with E-state index in [1.807, 2.05) is 0 Å². The fourth-order valence-corrected chi connectivity index (χ4v) is 1.68. The molecule has 1 aromatic heterocycles. The quantitative estimate of drug-likeness (QED) is 0.591. The van der Waals surface area contributed by atoms with Gasteiger partial charge in [-0.3, -0.25) is 0 Å². The van der Waals surface area contributed by atoms with Crippen molar-refractivity contribution in [2.75, 3.05) is 0 Å². The van der Waals surface area contributed by atoms with Crippen LogP contribution in [0.4, 0.5) is 0 Å². The first-order valence-electron chi connectivity index (χ1n) is 4.51. The molecule has 0 N–H and O–H groups in total. The summed E-state index contributed by atoms with van der Waals surface area (Å²) in [4.78, 5) is 9.93. The van der Waals surface area contributed by atoms with E-state index >= 15 is 0 Å². The molecule has 1 heterocycles. The van der Waals surface area contributed by atoms with Crippen LogP contribution in [0, 0.1) is 0 Å². The Morgan fingerprint density at radius 1 is 1.33 bits per heavy atom. The summed E-state index contributed by atoms with van der Waals surface area (Å²) in [7, 11) is -4.39. The minimum Gasteiger partial charge on any atom is -0.423 e. The third kappa shape index (κ3) is 2.59. The Kier molecular flexibility index (Phi) is 3.18. The van der Waals surface area contributed by atoms with Crippen molar-refractivity contribution < 1.29 is 21.8 Å². The summed E-state index contributed by atoms with van der Waals surface area (Å²) in [6.07, 6.45) is 1.98. The number of carbonyl (C=O) groups excluding carboxylic acids is 1. The summed E-state index contributed by atoms with van der Waals surface area (Å²) < 4.78 is 34.5. The van der Waals surface area contributed by atoms with Gasteiger partial charge in [-0.2, -0.15) is 8.42 Å². The molecule has 9 heteroatoms. The van der Waals surface area contributed by atoms with E-state index in [0.29, 0.717) is 0 Å². The maximum Gasteiger partial charge on any atom is 0.439 e. The van der Waals surface area contributed by atoms with Crippen molar-refractivity contribution in [3.05, 3.63) is 30.7 Å². The van der Waals surface area contributed by atoms with Gasteiger partial charge in [0.2, 0.25) is 6.39 Å². The summed E-state index contributed by atoms with van der Waals surface area (Å²) in [5.74, 6) is -0.00312. The van der Waals surface area contributed by atoms with Crippen LogP contribution < -0.4 is 4.18 Å². The molecule has 0 aliphatic carbocycles. The summed E-state index contributed by atoms with van der Waals surface area (Å²) >= 11 is 0. The summed E-state index contributed by atoms with van der Waals surface area (Å²) in [5, 5.41) is 7.09. The van der Waals surface area contributed by atoms with Crippen LogP contribution in [0.1, 0.15) is 0 Å². The highest BCUT2D eigenvalue weighted by atomic mass is 32.2. The molecule has 0 aliphatic heterocycles. The lowest BCUT2D eigenvalue weighted by molar-refractivity contribution is 0.485. The number of hydrogen-bond donors (Lipinski definition) is 0. The molecule has 2 aromatic rings. The Balaban J connectivity index is 2.44. The van der Waals surface area contributed by atoms with Gasteiger partial charge in [-0.1, -0.05) is 12.1 Å². The van der Waals surface area contributed by atoms with Gasteiger partial charge in [0.15, 0.2) is 5.75 Å². The number of para-hydroxylation sites is 1. The first-order valence-corrected chi connectivity index (χ1v) is 5.88. The summed E-state index contributed by atoms with van der Waals surface area (Å²) in [6, 6.07) is 6.04. The second-order valence-corrected chi connectivity index (χ2v) is 4.14. The Bertz CT molecular complexity index is 689. The van der Waals surface area contributed by atoms with Gasteiger partial charge in [0.25, 0.3) is 12.0 Å². The zero-order chi connectivity index (χ0) is 13.0. The van der Waals surface area contributed by atoms with E-state index < -0.39 is 10.3 Å². The third-order valence-electron chi connectivity index (χ3n) is 1.82. The molecular formula is C9H5N3O5S.